The van der Waals surface area contributed by atoms with Gasteiger partial charge in [0, 0.05) is 18.9 Å². The zero-order valence-corrected chi connectivity index (χ0v) is 14.6. The van der Waals surface area contributed by atoms with Crippen LogP contribution in [0, 0.1) is 45.8 Å². The van der Waals surface area contributed by atoms with Crippen LogP contribution in [0.1, 0.15) is 71.6 Å². The SMILES string of the molecule is C[C@]12CCC(=O)C[C@@H]1CC[C@@H]1[C@@H]2CC[C@]2(C)/C(=C\C#N)CC[C@@H]12. The molecule has 6 atom stereocenters. The van der Waals surface area contributed by atoms with Gasteiger partial charge in [0.15, 0.2) is 0 Å². The predicted molar refractivity (Wildman–Crippen MR) is 90.4 cm³/mol. The minimum atomic E-state index is 0.282. The zero-order valence-electron chi connectivity index (χ0n) is 14.6. The number of carbonyl (C=O) groups is 1. The van der Waals surface area contributed by atoms with Gasteiger partial charge in [0.25, 0.3) is 0 Å². The first-order valence-corrected chi connectivity index (χ1v) is 9.60. The lowest BCUT2D eigenvalue weighted by atomic mass is 9.45. The maximum atomic E-state index is 11.9. The van der Waals surface area contributed by atoms with Crippen molar-refractivity contribution >= 4 is 5.78 Å². The Labute approximate surface area is 140 Å². The topological polar surface area (TPSA) is 40.9 Å². The summed E-state index contributed by atoms with van der Waals surface area (Å²) < 4.78 is 0. The van der Waals surface area contributed by atoms with Gasteiger partial charge < -0.3 is 0 Å². The highest BCUT2D eigenvalue weighted by atomic mass is 16.1. The normalized spacial score (nSPS) is 50.8. The molecule has 0 amide bonds. The third-order valence-corrected chi connectivity index (χ3v) is 8.57. The van der Waals surface area contributed by atoms with Crippen LogP contribution in [-0.4, -0.2) is 5.78 Å². The van der Waals surface area contributed by atoms with E-state index in [9.17, 15) is 4.79 Å². The Kier molecular flexibility index (Phi) is 3.49. The molecule has 0 aromatic carbocycles. The van der Waals surface area contributed by atoms with Crippen LogP contribution >= 0.6 is 0 Å². The Bertz CT molecular complexity index is 599. The van der Waals surface area contributed by atoms with Crippen LogP contribution in [0.4, 0.5) is 0 Å². The summed E-state index contributed by atoms with van der Waals surface area (Å²) in [5.41, 5.74) is 2.11. The molecule has 4 saturated carbocycles. The minimum absolute atomic E-state index is 0.282. The summed E-state index contributed by atoms with van der Waals surface area (Å²) in [7, 11) is 0. The monoisotopic (exact) mass is 311 g/mol. The fraction of sp³-hybridized carbons (Fsp3) is 0.810. The quantitative estimate of drug-likeness (QED) is 0.587. The van der Waals surface area contributed by atoms with E-state index in [0.717, 1.165) is 43.4 Å². The molecule has 0 spiro atoms. The number of ketones is 1. The molecule has 0 N–H and O–H groups in total. The van der Waals surface area contributed by atoms with Crippen LogP contribution in [0.5, 0.6) is 0 Å². The second-order valence-electron chi connectivity index (χ2n) is 9.19. The molecule has 2 nitrogen and oxygen atoms in total. The minimum Gasteiger partial charge on any atom is -0.300 e. The molecule has 4 rings (SSSR count). The van der Waals surface area contributed by atoms with Crippen molar-refractivity contribution in [3.8, 4) is 6.07 Å². The lowest BCUT2D eigenvalue weighted by Gasteiger charge is -2.59. The Hall–Kier alpha value is -1.10. The molecule has 0 unspecified atom stereocenters. The number of hydrogen-bond acceptors (Lipinski definition) is 2. The van der Waals surface area contributed by atoms with E-state index in [0.29, 0.717) is 17.1 Å². The Morgan fingerprint density at radius 1 is 1.09 bits per heavy atom. The first kappa shape index (κ1) is 15.4. The van der Waals surface area contributed by atoms with Crippen LogP contribution in [-0.2, 0) is 4.79 Å². The molecule has 4 fully saturated rings. The number of Topliss-reactive ketones (excluding diaryl/α,β-unsaturated/α-hetero) is 1. The average Bonchev–Trinajstić information content (AvgIpc) is 2.85. The second-order valence-corrected chi connectivity index (χ2v) is 9.19. The highest BCUT2D eigenvalue weighted by Crippen LogP contribution is 2.67. The maximum absolute atomic E-state index is 11.9. The smallest absolute Gasteiger partial charge is 0.133 e. The van der Waals surface area contributed by atoms with Gasteiger partial charge in [-0.05, 0) is 79.4 Å². The fourth-order valence-corrected chi connectivity index (χ4v) is 7.21. The van der Waals surface area contributed by atoms with E-state index in [2.05, 4.69) is 19.9 Å². The molecule has 0 aromatic heterocycles. The Morgan fingerprint density at radius 3 is 2.70 bits per heavy atom. The van der Waals surface area contributed by atoms with Gasteiger partial charge in [0.1, 0.15) is 5.78 Å². The van der Waals surface area contributed by atoms with Gasteiger partial charge in [0.05, 0.1) is 6.07 Å². The fourth-order valence-electron chi connectivity index (χ4n) is 7.21. The molecule has 0 heterocycles. The van der Waals surface area contributed by atoms with Crippen molar-refractivity contribution < 1.29 is 4.79 Å². The lowest BCUT2D eigenvalue weighted by Crippen LogP contribution is -2.52. The number of fused-ring (bicyclic) bond motifs is 5. The summed E-state index contributed by atoms with van der Waals surface area (Å²) in [6, 6.07) is 2.30. The molecule has 0 aliphatic heterocycles. The molecule has 0 aromatic rings. The van der Waals surface area contributed by atoms with E-state index in [-0.39, 0.29) is 5.41 Å². The van der Waals surface area contributed by atoms with Gasteiger partial charge in [0.2, 0.25) is 0 Å². The number of nitriles is 1. The molecule has 0 saturated heterocycles. The first-order valence-electron chi connectivity index (χ1n) is 9.60. The summed E-state index contributed by atoms with van der Waals surface area (Å²) in [5, 5.41) is 9.13. The number of nitrogens with zero attached hydrogens (tertiary/aromatic N) is 1. The Balaban J connectivity index is 1.64. The third-order valence-electron chi connectivity index (χ3n) is 8.57. The first-order chi connectivity index (χ1) is 11.0. The van der Waals surface area contributed by atoms with E-state index in [1.54, 1.807) is 0 Å². The van der Waals surface area contributed by atoms with Crippen molar-refractivity contribution in [2.45, 2.75) is 71.6 Å². The van der Waals surface area contributed by atoms with Crippen molar-refractivity contribution in [1.82, 2.24) is 0 Å². The maximum Gasteiger partial charge on any atom is 0.133 e. The second kappa shape index (κ2) is 5.20. The van der Waals surface area contributed by atoms with Crippen molar-refractivity contribution in [2.24, 2.45) is 34.5 Å². The zero-order chi connectivity index (χ0) is 16.2. The summed E-state index contributed by atoms with van der Waals surface area (Å²) in [4.78, 5) is 11.9. The van der Waals surface area contributed by atoms with E-state index < -0.39 is 0 Å². The van der Waals surface area contributed by atoms with E-state index >= 15 is 0 Å². The number of hydrogen-bond donors (Lipinski definition) is 0. The van der Waals surface area contributed by atoms with Crippen molar-refractivity contribution in [1.29, 1.82) is 5.26 Å². The summed E-state index contributed by atoms with van der Waals surface area (Å²) in [6.07, 6.45) is 12.2. The molecule has 4 aliphatic carbocycles. The number of carbonyl (C=O) groups excluding carboxylic acids is 1. The van der Waals surface area contributed by atoms with Crippen LogP contribution < -0.4 is 0 Å². The largest absolute Gasteiger partial charge is 0.300 e. The lowest BCUT2D eigenvalue weighted by molar-refractivity contribution is -0.136. The number of allylic oxidation sites excluding steroid dienone is 2. The van der Waals surface area contributed by atoms with Crippen molar-refractivity contribution in [2.75, 3.05) is 0 Å². The molecule has 0 bridgehead atoms. The average molecular weight is 311 g/mol. The van der Waals surface area contributed by atoms with Gasteiger partial charge in [-0.2, -0.15) is 5.26 Å². The van der Waals surface area contributed by atoms with Crippen LogP contribution in [0.15, 0.2) is 11.6 Å². The molecule has 124 valence electrons. The highest BCUT2D eigenvalue weighted by molar-refractivity contribution is 5.79. The van der Waals surface area contributed by atoms with Crippen molar-refractivity contribution in [3.05, 3.63) is 11.6 Å². The molecular weight excluding hydrogens is 282 g/mol. The van der Waals surface area contributed by atoms with Gasteiger partial charge in [-0.15, -0.1) is 0 Å². The van der Waals surface area contributed by atoms with Crippen LogP contribution in [0.2, 0.25) is 0 Å². The third kappa shape index (κ3) is 2.08. The van der Waals surface area contributed by atoms with E-state index in [1.165, 1.54) is 37.7 Å². The van der Waals surface area contributed by atoms with Crippen LogP contribution in [0.3, 0.4) is 0 Å². The van der Waals surface area contributed by atoms with E-state index in [1.807, 2.05) is 6.08 Å². The van der Waals surface area contributed by atoms with E-state index in [4.69, 9.17) is 5.26 Å². The molecule has 2 heteroatoms. The van der Waals surface area contributed by atoms with Crippen molar-refractivity contribution in [3.63, 3.8) is 0 Å². The molecular formula is C21H29NO. The van der Waals surface area contributed by atoms with Gasteiger partial charge in [-0.1, -0.05) is 19.4 Å². The van der Waals surface area contributed by atoms with Gasteiger partial charge in [-0.3, -0.25) is 4.79 Å². The molecule has 23 heavy (non-hydrogen) atoms. The Morgan fingerprint density at radius 2 is 1.91 bits per heavy atom. The molecule has 4 aliphatic rings. The van der Waals surface area contributed by atoms with Crippen LogP contribution in [0.25, 0.3) is 0 Å². The summed E-state index contributed by atoms with van der Waals surface area (Å²) in [6.45, 7) is 4.94. The number of rotatable bonds is 0. The van der Waals surface area contributed by atoms with Gasteiger partial charge in [-0.25, -0.2) is 0 Å². The summed E-state index contributed by atoms with van der Waals surface area (Å²) >= 11 is 0. The van der Waals surface area contributed by atoms with Gasteiger partial charge >= 0.3 is 0 Å². The highest BCUT2D eigenvalue weighted by Gasteiger charge is 2.58. The standard InChI is InChI=1S/C21H29NO/c1-20-11-8-19-17(18(20)6-4-14(20)9-12-22)5-3-15-13-16(23)7-10-21(15,19)2/h9,15,17-19H,3-8,10-11,13H2,1-2H3/b14-9-/t15-,17-,18-,19-,20+,21-/m0/s1. The summed E-state index contributed by atoms with van der Waals surface area (Å²) in [5.74, 6) is 3.56. The molecule has 0 radical (unpaired) electrons. The predicted octanol–water partition coefficient (Wildman–Crippen LogP) is 5.05.